The van der Waals surface area contributed by atoms with Gasteiger partial charge in [-0.15, -0.1) is 0 Å². The molecule has 0 saturated carbocycles. The Kier molecular flexibility index (Phi) is 4.66. The Balaban J connectivity index is 1.67. The van der Waals surface area contributed by atoms with Crippen LogP contribution in [0.3, 0.4) is 0 Å². The van der Waals surface area contributed by atoms with Crippen LogP contribution in [-0.4, -0.2) is 23.3 Å². The number of hydrogen-bond acceptors (Lipinski definition) is 7. The Morgan fingerprint density at radius 1 is 1.25 bits per heavy atom. The molecule has 0 radical (unpaired) electrons. The van der Waals surface area contributed by atoms with Gasteiger partial charge in [-0.25, -0.2) is 4.99 Å². The summed E-state index contributed by atoms with van der Waals surface area (Å²) >= 11 is 1.29. The van der Waals surface area contributed by atoms with E-state index in [-0.39, 0.29) is 11.2 Å². The molecule has 0 aliphatic carbocycles. The van der Waals surface area contributed by atoms with Crippen molar-refractivity contribution in [3.63, 3.8) is 0 Å². The average molecular weight is 396 g/mol. The molecule has 0 saturated heterocycles. The normalized spacial score (nSPS) is 13.8. The van der Waals surface area contributed by atoms with Crippen molar-refractivity contribution < 1.29 is 9.66 Å². The van der Waals surface area contributed by atoms with Gasteiger partial charge in [0.25, 0.3) is 11.2 Å². The number of methoxy groups -OCH3 is 1. The molecular formula is C19H16N4O4S. The fraction of sp³-hybridized carbons (Fsp3) is 0.158. The maximum Gasteiger partial charge on any atom is 0.271 e. The molecule has 4 rings (SSSR count). The summed E-state index contributed by atoms with van der Waals surface area (Å²) in [5, 5.41) is 10.9. The Morgan fingerprint density at radius 3 is 2.75 bits per heavy atom. The molecule has 0 spiro atoms. The van der Waals surface area contributed by atoms with Crippen molar-refractivity contribution in [3.8, 4) is 5.75 Å². The van der Waals surface area contributed by atoms with Crippen LogP contribution in [0.25, 0.3) is 6.08 Å². The predicted octanol–water partition coefficient (Wildman–Crippen LogP) is 1.71. The first kappa shape index (κ1) is 17.9. The van der Waals surface area contributed by atoms with Crippen LogP contribution < -0.4 is 24.5 Å². The number of fused-ring (bicyclic) bond motifs is 1. The van der Waals surface area contributed by atoms with Gasteiger partial charge in [0.1, 0.15) is 19.1 Å². The van der Waals surface area contributed by atoms with Crippen LogP contribution >= 0.6 is 11.3 Å². The zero-order chi connectivity index (χ0) is 19.7. The van der Waals surface area contributed by atoms with E-state index in [1.807, 2.05) is 29.2 Å². The van der Waals surface area contributed by atoms with Gasteiger partial charge < -0.3 is 9.64 Å². The Bertz CT molecular complexity index is 1210. The third kappa shape index (κ3) is 3.39. The van der Waals surface area contributed by atoms with Gasteiger partial charge in [-0.05, 0) is 35.9 Å². The Hall–Kier alpha value is -3.46. The van der Waals surface area contributed by atoms with Crippen LogP contribution in [0, 0.1) is 10.1 Å². The molecule has 1 aliphatic heterocycles. The van der Waals surface area contributed by atoms with Crippen molar-refractivity contribution >= 4 is 28.8 Å². The lowest BCUT2D eigenvalue weighted by Crippen LogP contribution is -2.42. The Labute approximate surface area is 163 Å². The zero-order valence-electron chi connectivity index (χ0n) is 14.9. The van der Waals surface area contributed by atoms with E-state index in [1.165, 1.54) is 23.5 Å². The number of anilines is 1. The third-order valence-corrected chi connectivity index (χ3v) is 5.44. The van der Waals surface area contributed by atoms with Gasteiger partial charge in [-0.1, -0.05) is 23.5 Å². The van der Waals surface area contributed by atoms with E-state index < -0.39 is 4.92 Å². The average Bonchev–Trinajstić information content (AvgIpc) is 3.03. The van der Waals surface area contributed by atoms with Crippen molar-refractivity contribution in [3.05, 3.63) is 83.9 Å². The number of hydrogen-bond donors (Lipinski definition) is 0. The second-order valence-corrected chi connectivity index (χ2v) is 7.17. The van der Waals surface area contributed by atoms with Crippen LogP contribution in [0.4, 0.5) is 11.4 Å². The number of thiazole rings is 1. The summed E-state index contributed by atoms with van der Waals surface area (Å²) in [4.78, 5) is 30.4. The van der Waals surface area contributed by atoms with E-state index in [9.17, 15) is 14.9 Å². The van der Waals surface area contributed by atoms with Crippen LogP contribution in [0.15, 0.2) is 58.3 Å². The number of nitrogens with zero attached hydrogens (tertiary/aromatic N) is 4. The lowest BCUT2D eigenvalue weighted by atomic mass is 10.2. The van der Waals surface area contributed by atoms with Gasteiger partial charge in [0, 0.05) is 17.8 Å². The SMILES string of the molecule is COc1ccc(N2CN=c3sc(=Cc4cccc([N+](=O)[O-])c4)c(=O)n3C2)cc1. The fourth-order valence-electron chi connectivity index (χ4n) is 2.95. The molecule has 0 N–H and O–H groups in total. The van der Waals surface area contributed by atoms with Gasteiger partial charge in [-0.2, -0.15) is 0 Å². The highest BCUT2D eigenvalue weighted by molar-refractivity contribution is 7.07. The zero-order valence-corrected chi connectivity index (χ0v) is 15.8. The van der Waals surface area contributed by atoms with E-state index in [4.69, 9.17) is 4.74 Å². The summed E-state index contributed by atoms with van der Waals surface area (Å²) in [6, 6.07) is 13.8. The molecule has 0 amide bonds. The van der Waals surface area contributed by atoms with Crippen molar-refractivity contribution in [1.82, 2.24) is 4.57 Å². The van der Waals surface area contributed by atoms with Crippen LogP contribution in [-0.2, 0) is 6.67 Å². The first-order valence-corrected chi connectivity index (χ1v) is 9.26. The first-order valence-electron chi connectivity index (χ1n) is 8.44. The number of non-ortho nitro benzene ring substituents is 1. The molecule has 9 heteroatoms. The van der Waals surface area contributed by atoms with Crippen molar-refractivity contribution in [2.24, 2.45) is 4.99 Å². The van der Waals surface area contributed by atoms with Gasteiger partial charge in [0.05, 0.1) is 16.6 Å². The van der Waals surface area contributed by atoms with Gasteiger partial charge in [0.2, 0.25) is 0 Å². The van der Waals surface area contributed by atoms with E-state index in [0.717, 1.165) is 11.4 Å². The van der Waals surface area contributed by atoms with Crippen molar-refractivity contribution in [1.29, 1.82) is 0 Å². The van der Waals surface area contributed by atoms with Gasteiger partial charge >= 0.3 is 0 Å². The molecule has 0 atom stereocenters. The van der Waals surface area contributed by atoms with E-state index in [1.54, 1.807) is 29.9 Å². The summed E-state index contributed by atoms with van der Waals surface area (Å²) in [5.41, 5.74) is 1.38. The number of aromatic nitrogens is 1. The monoisotopic (exact) mass is 396 g/mol. The van der Waals surface area contributed by atoms with Crippen LogP contribution in [0.2, 0.25) is 0 Å². The molecule has 142 valence electrons. The summed E-state index contributed by atoms with van der Waals surface area (Å²) in [6.07, 6.45) is 1.67. The van der Waals surface area contributed by atoms with Gasteiger partial charge in [-0.3, -0.25) is 19.5 Å². The number of nitro groups is 1. The number of benzene rings is 2. The quantitative estimate of drug-likeness (QED) is 0.495. The maximum absolute atomic E-state index is 12.8. The highest BCUT2D eigenvalue weighted by Crippen LogP contribution is 2.20. The van der Waals surface area contributed by atoms with Gasteiger partial charge in [0.15, 0.2) is 4.80 Å². The summed E-state index contributed by atoms with van der Waals surface area (Å²) in [5.74, 6) is 0.764. The third-order valence-electron chi connectivity index (χ3n) is 4.39. The van der Waals surface area contributed by atoms with E-state index in [2.05, 4.69) is 4.99 Å². The standard InChI is InChI=1S/C19H16N4O4S/c1-27-16-7-5-14(6-8-16)21-11-20-19-22(12-21)18(24)17(28-19)10-13-3-2-4-15(9-13)23(25)26/h2-10H,11-12H2,1H3. The first-order chi connectivity index (χ1) is 13.5. The molecule has 28 heavy (non-hydrogen) atoms. The lowest BCUT2D eigenvalue weighted by Gasteiger charge is -2.25. The molecule has 0 bridgehead atoms. The minimum absolute atomic E-state index is 0.00876. The Morgan fingerprint density at radius 2 is 2.04 bits per heavy atom. The summed E-state index contributed by atoms with van der Waals surface area (Å²) in [7, 11) is 1.61. The number of nitro benzene ring substituents is 1. The van der Waals surface area contributed by atoms with Crippen molar-refractivity contribution in [2.75, 3.05) is 18.7 Å². The molecule has 3 aromatic rings. The smallest absolute Gasteiger partial charge is 0.271 e. The molecule has 1 aliphatic rings. The number of ether oxygens (including phenoxy) is 1. The molecule has 0 fully saturated rings. The van der Waals surface area contributed by atoms with Crippen molar-refractivity contribution in [2.45, 2.75) is 6.67 Å². The summed E-state index contributed by atoms with van der Waals surface area (Å²) in [6.45, 7) is 0.839. The minimum atomic E-state index is -0.453. The van der Waals surface area contributed by atoms with Crippen LogP contribution in [0.5, 0.6) is 5.75 Å². The largest absolute Gasteiger partial charge is 0.497 e. The topological polar surface area (TPSA) is 90.0 Å². The van der Waals surface area contributed by atoms with E-state index >= 15 is 0 Å². The maximum atomic E-state index is 12.8. The van der Waals surface area contributed by atoms with E-state index in [0.29, 0.717) is 28.2 Å². The second-order valence-electron chi connectivity index (χ2n) is 6.16. The predicted molar refractivity (Wildman–Crippen MR) is 106 cm³/mol. The fourth-order valence-corrected chi connectivity index (χ4v) is 3.91. The minimum Gasteiger partial charge on any atom is -0.497 e. The highest BCUT2D eigenvalue weighted by Gasteiger charge is 2.16. The molecule has 2 heterocycles. The molecule has 2 aromatic carbocycles. The second kappa shape index (κ2) is 7.28. The lowest BCUT2D eigenvalue weighted by molar-refractivity contribution is -0.384. The highest BCUT2D eigenvalue weighted by atomic mass is 32.1. The number of rotatable bonds is 4. The van der Waals surface area contributed by atoms with Crippen LogP contribution in [0.1, 0.15) is 5.56 Å². The molecule has 8 nitrogen and oxygen atoms in total. The molecule has 0 unspecified atom stereocenters. The molecular weight excluding hydrogens is 380 g/mol. The molecule has 1 aromatic heterocycles. The summed E-state index contributed by atoms with van der Waals surface area (Å²) < 4.78 is 7.28.